The van der Waals surface area contributed by atoms with Crippen LogP contribution in [0.2, 0.25) is 0 Å². The highest BCUT2D eigenvalue weighted by Gasteiger charge is 2.08. The summed E-state index contributed by atoms with van der Waals surface area (Å²) >= 11 is 1.66. The summed E-state index contributed by atoms with van der Waals surface area (Å²) < 4.78 is 0. The summed E-state index contributed by atoms with van der Waals surface area (Å²) in [7, 11) is 1.94. The molecule has 0 bridgehead atoms. The minimum Gasteiger partial charge on any atom is -0.351 e. The Morgan fingerprint density at radius 3 is 2.56 bits per heavy atom. The first-order valence-corrected chi connectivity index (χ1v) is 9.02. The van der Waals surface area contributed by atoms with Gasteiger partial charge in [-0.25, -0.2) is 4.98 Å². The molecule has 0 saturated heterocycles. The van der Waals surface area contributed by atoms with E-state index in [-0.39, 0.29) is 11.8 Å². The molecule has 134 valence electrons. The zero-order chi connectivity index (χ0) is 18.2. The molecule has 7 heteroatoms. The molecule has 0 saturated carbocycles. The summed E-state index contributed by atoms with van der Waals surface area (Å²) in [4.78, 5) is 30.6. The molecule has 6 nitrogen and oxygen atoms in total. The first-order chi connectivity index (χ1) is 11.9. The topological polar surface area (TPSA) is 74.3 Å². The number of carbonyl (C=O) groups is 2. The number of thiazole rings is 1. The molecule has 0 spiro atoms. The lowest BCUT2D eigenvalue weighted by atomic mass is 10.2. The van der Waals surface area contributed by atoms with Gasteiger partial charge in [-0.3, -0.25) is 14.5 Å². The third-order valence-electron chi connectivity index (χ3n) is 3.74. The highest BCUT2D eigenvalue weighted by molar-refractivity contribution is 7.09. The number of nitrogens with one attached hydrogen (secondary N) is 2. The van der Waals surface area contributed by atoms with Crippen LogP contribution in [0.4, 0.5) is 5.69 Å². The van der Waals surface area contributed by atoms with Crippen LogP contribution in [0, 0.1) is 6.92 Å². The molecule has 0 unspecified atom stereocenters. The van der Waals surface area contributed by atoms with E-state index < -0.39 is 0 Å². The van der Waals surface area contributed by atoms with Gasteiger partial charge in [-0.1, -0.05) is 12.1 Å². The number of hydrogen-bond donors (Lipinski definition) is 2. The molecule has 1 heterocycles. The molecule has 2 amide bonds. The highest BCUT2D eigenvalue weighted by Crippen LogP contribution is 2.13. The van der Waals surface area contributed by atoms with Crippen LogP contribution >= 0.6 is 11.3 Å². The molecular weight excluding hydrogens is 336 g/mol. The zero-order valence-corrected chi connectivity index (χ0v) is 15.7. The van der Waals surface area contributed by atoms with Crippen LogP contribution in [0.1, 0.15) is 23.1 Å². The van der Waals surface area contributed by atoms with Gasteiger partial charge in [-0.2, -0.15) is 0 Å². The zero-order valence-electron chi connectivity index (χ0n) is 14.8. The van der Waals surface area contributed by atoms with Crippen molar-refractivity contribution in [1.82, 2.24) is 15.2 Å². The average molecular weight is 360 g/mol. The molecule has 0 aliphatic rings. The smallest absolute Gasteiger partial charge is 0.234 e. The largest absolute Gasteiger partial charge is 0.351 e. The number of amides is 2. The number of carbonyl (C=O) groups excluding carboxylic acids is 2. The van der Waals surface area contributed by atoms with Gasteiger partial charge in [0.05, 0.1) is 17.7 Å². The van der Waals surface area contributed by atoms with Gasteiger partial charge in [0.25, 0.3) is 0 Å². The van der Waals surface area contributed by atoms with E-state index in [2.05, 4.69) is 15.6 Å². The van der Waals surface area contributed by atoms with Crippen LogP contribution in [0.3, 0.4) is 0 Å². The van der Waals surface area contributed by atoms with Gasteiger partial charge in [0.2, 0.25) is 11.8 Å². The molecule has 0 fully saturated rings. The first-order valence-electron chi connectivity index (χ1n) is 8.15. The van der Waals surface area contributed by atoms with Gasteiger partial charge in [0.15, 0.2) is 0 Å². The fourth-order valence-electron chi connectivity index (χ4n) is 2.35. The second-order valence-corrected chi connectivity index (χ2v) is 6.94. The average Bonchev–Trinajstić information content (AvgIpc) is 2.97. The fraction of sp³-hybridized carbons (Fsp3) is 0.389. The molecule has 1 aromatic carbocycles. The monoisotopic (exact) mass is 360 g/mol. The molecule has 1 aromatic heterocycles. The quantitative estimate of drug-likeness (QED) is 0.757. The van der Waals surface area contributed by atoms with Crippen molar-refractivity contribution in [2.24, 2.45) is 0 Å². The first kappa shape index (κ1) is 19.1. The number of likely N-dealkylation sites (N-methyl/N-ethyl adjacent to an activating group) is 1. The Labute approximate surface area is 152 Å². The van der Waals surface area contributed by atoms with E-state index in [4.69, 9.17) is 0 Å². The maximum Gasteiger partial charge on any atom is 0.234 e. The van der Waals surface area contributed by atoms with Crippen LogP contribution in [0.15, 0.2) is 29.8 Å². The molecule has 0 atom stereocenters. The van der Waals surface area contributed by atoms with E-state index >= 15 is 0 Å². The number of anilines is 1. The molecule has 0 aliphatic carbocycles. The van der Waals surface area contributed by atoms with E-state index in [9.17, 15) is 9.59 Å². The number of aryl methyl sites for hydroxylation is 1. The molecule has 25 heavy (non-hydrogen) atoms. The molecule has 0 radical (unpaired) electrons. The number of nitrogens with zero attached hydrogens (tertiary/aromatic N) is 2. The van der Waals surface area contributed by atoms with Gasteiger partial charge in [0.1, 0.15) is 0 Å². The lowest BCUT2D eigenvalue weighted by Gasteiger charge is -2.16. The second kappa shape index (κ2) is 9.29. The Morgan fingerprint density at radius 2 is 1.96 bits per heavy atom. The van der Waals surface area contributed by atoms with E-state index in [0.717, 1.165) is 29.9 Å². The van der Waals surface area contributed by atoms with Crippen LogP contribution < -0.4 is 10.6 Å². The summed E-state index contributed by atoms with van der Waals surface area (Å²) in [6, 6.07) is 7.43. The summed E-state index contributed by atoms with van der Waals surface area (Å²) in [6.45, 7) is 5.14. The van der Waals surface area contributed by atoms with Crippen LogP contribution in [0.5, 0.6) is 0 Å². The van der Waals surface area contributed by atoms with Crippen molar-refractivity contribution in [3.8, 4) is 0 Å². The number of benzene rings is 1. The summed E-state index contributed by atoms with van der Waals surface area (Å²) in [5.41, 5.74) is 4.67. The number of rotatable bonds is 8. The summed E-state index contributed by atoms with van der Waals surface area (Å²) in [6.07, 6.45) is 0.908. The predicted molar refractivity (Wildman–Crippen MR) is 101 cm³/mol. The molecule has 0 aliphatic heterocycles. The van der Waals surface area contributed by atoms with Gasteiger partial charge >= 0.3 is 0 Å². The minimum absolute atomic E-state index is 0.00513. The van der Waals surface area contributed by atoms with Crippen molar-refractivity contribution >= 4 is 28.8 Å². The van der Waals surface area contributed by atoms with E-state index in [1.165, 1.54) is 11.8 Å². The summed E-state index contributed by atoms with van der Waals surface area (Å²) in [5.74, 6) is -0.105. The van der Waals surface area contributed by atoms with Gasteiger partial charge < -0.3 is 10.6 Å². The minimum atomic E-state index is -0.0994. The van der Waals surface area contributed by atoms with Crippen molar-refractivity contribution in [1.29, 1.82) is 0 Å². The Hall–Kier alpha value is -2.25. The molecular formula is C18H24N4O2S. The van der Waals surface area contributed by atoms with Crippen molar-refractivity contribution < 1.29 is 9.59 Å². The number of aromatic nitrogens is 1. The van der Waals surface area contributed by atoms with E-state index in [1.807, 2.05) is 48.6 Å². The normalized spacial score (nSPS) is 10.7. The van der Waals surface area contributed by atoms with E-state index in [1.54, 1.807) is 11.3 Å². The maximum absolute atomic E-state index is 12.0. The van der Waals surface area contributed by atoms with Gasteiger partial charge in [-0.05, 0) is 38.1 Å². The Bertz CT molecular complexity index is 712. The predicted octanol–water partition coefficient (Wildman–Crippen LogP) is 2.20. The Kier molecular flexibility index (Phi) is 7.09. The molecule has 2 aromatic rings. The highest BCUT2D eigenvalue weighted by atomic mass is 32.1. The van der Waals surface area contributed by atoms with Crippen molar-refractivity contribution in [2.75, 3.05) is 25.5 Å². The Morgan fingerprint density at radius 1 is 1.24 bits per heavy atom. The summed E-state index contributed by atoms with van der Waals surface area (Å²) in [5, 5.41) is 5.63. The second-order valence-electron chi connectivity index (χ2n) is 6.00. The van der Waals surface area contributed by atoms with Crippen LogP contribution in [-0.2, 0) is 22.6 Å². The Balaban J connectivity index is 1.70. The van der Waals surface area contributed by atoms with Gasteiger partial charge in [0, 0.05) is 30.6 Å². The lowest BCUT2D eigenvalue weighted by Crippen LogP contribution is -2.35. The fourth-order valence-corrected chi connectivity index (χ4v) is 3.12. The lowest BCUT2D eigenvalue weighted by molar-refractivity contribution is -0.122. The molecule has 2 rings (SSSR count). The van der Waals surface area contributed by atoms with Crippen LogP contribution in [0.25, 0.3) is 0 Å². The standard InChI is InChI=1S/C18H24N4O2S/c1-13-17(25-12-20-13)8-9-22(3)11-18(24)19-10-15-4-6-16(7-5-15)21-14(2)23/h4-7,12H,8-11H2,1-3H3,(H,19,24)(H,21,23). The van der Waals surface area contributed by atoms with E-state index in [0.29, 0.717) is 13.1 Å². The third kappa shape index (κ3) is 6.64. The third-order valence-corrected chi connectivity index (χ3v) is 4.74. The maximum atomic E-state index is 12.0. The van der Waals surface area contributed by atoms with Crippen LogP contribution in [-0.4, -0.2) is 41.8 Å². The SMILES string of the molecule is CC(=O)Nc1ccc(CNC(=O)CN(C)CCc2scnc2C)cc1. The van der Waals surface area contributed by atoms with Crippen molar-refractivity contribution in [2.45, 2.75) is 26.8 Å². The molecule has 2 N–H and O–H groups in total. The number of hydrogen-bond acceptors (Lipinski definition) is 5. The van der Waals surface area contributed by atoms with Crippen molar-refractivity contribution in [3.63, 3.8) is 0 Å². The van der Waals surface area contributed by atoms with Gasteiger partial charge in [-0.15, -0.1) is 11.3 Å². The van der Waals surface area contributed by atoms with Crippen molar-refractivity contribution in [3.05, 3.63) is 45.9 Å².